The first kappa shape index (κ1) is 10.9. The van der Waals surface area contributed by atoms with E-state index in [9.17, 15) is 9.90 Å². The van der Waals surface area contributed by atoms with Gasteiger partial charge in [0, 0.05) is 18.0 Å². The van der Waals surface area contributed by atoms with Crippen LogP contribution in [-0.4, -0.2) is 16.0 Å². The molecule has 83 valence electrons. The smallest absolute Gasteiger partial charge is 0.203 e. The van der Waals surface area contributed by atoms with E-state index in [2.05, 4.69) is 0 Å². The van der Waals surface area contributed by atoms with Gasteiger partial charge in [-0.05, 0) is 18.1 Å². The van der Waals surface area contributed by atoms with Gasteiger partial charge in [0.2, 0.25) is 6.29 Å². The molecular weight excluding hydrogens is 202 g/mol. The van der Waals surface area contributed by atoms with E-state index in [-0.39, 0.29) is 6.42 Å². The fraction of sp³-hybridized carbons (Fsp3) is 0.308. The Kier molecular flexibility index (Phi) is 3.06. The molecule has 0 bridgehead atoms. The highest BCUT2D eigenvalue weighted by molar-refractivity contribution is 5.86. The fourth-order valence-corrected chi connectivity index (χ4v) is 1.94. The predicted molar refractivity (Wildman–Crippen MR) is 62.9 cm³/mol. The van der Waals surface area contributed by atoms with E-state index in [1.165, 1.54) is 0 Å². The number of fused-ring (bicyclic) bond motifs is 1. The molecule has 0 spiro atoms. The van der Waals surface area contributed by atoms with E-state index >= 15 is 0 Å². The van der Waals surface area contributed by atoms with Crippen molar-refractivity contribution in [3.8, 4) is 0 Å². The minimum Gasteiger partial charge on any atom is -0.373 e. The molecule has 0 amide bonds. The highest BCUT2D eigenvalue weighted by atomic mass is 16.3. The predicted octanol–water partition coefficient (Wildman–Crippen LogP) is 2.19. The van der Waals surface area contributed by atoms with Gasteiger partial charge in [-0.1, -0.05) is 25.1 Å². The van der Waals surface area contributed by atoms with Gasteiger partial charge >= 0.3 is 0 Å². The first-order valence-electron chi connectivity index (χ1n) is 5.39. The van der Waals surface area contributed by atoms with Crippen molar-refractivity contribution < 1.29 is 9.90 Å². The van der Waals surface area contributed by atoms with Crippen molar-refractivity contribution in [2.75, 3.05) is 0 Å². The van der Waals surface area contributed by atoms with Gasteiger partial charge in [-0.25, -0.2) is 0 Å². The lowest BCUT2D eigenvalue weighted by atomic mass is 10.1. The van der Waals surface area contributed by atoms with Crippen molar-refractivity contribution in [1.29, 1.82) is 0 Å². The van der Waals surface area contributed by atoms with Crippen LogP contribution in [0.4, 0.5) is 0 Å². The summed E-state index contributed by atoms with van der Waals surface area (Å²) < 4.78 is 1.81. The zero-order valence-electron chi connectivity index (χ0n) is 9.18. The number of aliphatic hydroxyl groups is 1. The van der Waals surface area contributed by atoms with Crippen LogP contribution in [0.5, 0.6) is 0 Å². The van der Waals surface area contributed by atoms with Gasteiger partial charge in [-0.15, -0.1) is 0 Å². The normalized spacial score (nSPS) is 12.9. The average molecular weight is 216 g/mol. The Balaban J connectivity index is 2.61. The highest BCUT2D eigenvalue weighted by Crippen LogP contribution is 2.24. The maximum atomic E-state index is 10.5. The highest BCUT2D eigenvalue weighted by Gasteiger charge is 2.11. The molecule has 0 saturated heterocycles. The molecule has 0 aliphatic carbocycles. The molecule has 1 radical (unpaired) electrons. The summed E-state index contributed by atoms with van der Waals surface area (Å²) in [6.45, 7) is 1.92. The summed E-state index contributed by atoms with van der Waals surface area (Å²) in [5.41, 5.74) is 1.88. The molecule has 0 aliphatic heterocycles. The molecule has 3 heteroatoms. The molecule has 0 saturated carbocycles. The lowest BCUT2D eigenvalue weighted by Gasteiger charge is -2.11. The maximum absolute atomic E-state index is 10.5. The quantitative estimate of drug-likeness (QED) is 0.851. The second kappa shape index (κ2) is 4.49. The zero-order valence-corrected chi connectivity index (χ0v) is 9.18. The molecule has 1 aromatic carbocycles. The van der Waals surface area contributed by atoms with E-state index in [0.717, 1.165) is 16.5 Å². The van der Waals surface area contributed by atoms with E-state index in [1.807, 2.05) is 48.2 Å². The van der Waals surface area contributed by atoms with E-state index in [4.69, 9.17) is 0 Å². The van der Waals surface area contributed by atoms with Crippen molar-refractivity contribution in [3.05, 3.63) is 36.0 Å². The monoisotopic (exact) mass is 216 g/mol. The van der Waals surface area contributed by atoms with Gasteiger partial charge in [-0.2, -0.15) is 0 Å². The number of para-hydroxylation sites is 1. The standard InChI is InChI=1S/C13H14NO2/c1-2-13(16)14-9-10(7-8-15)11-5-3-4-6-12(11)14/h3-6,9,13,16H,2,7H2,1H3. The first-order chi connectivity index (χ1) is 7.77. The Morgan fingerprint density at radius 1 is 1.44 bits per heavy atom. The average Bonchev–Trinajstić information content (AvgIpc) is 2.68. The number of nitrogens with zero attached hydrogens (tertiary/aromatic N) is 1. The fourth-order valence-electron chi connectivity index (χ4n) is 1.94. The minimum atomic E-state index is -0.537. The summed E-state index contributed by atoms with van der Waals surface area (Å²) in [5.74, 6) is 0. The van der Waals surface area contributed by atoms with Crippen LogP contribution >= 0.6 is 0 Å². The van der Waals surface area contributed by atoms with E-state index in [0.29, 0.717) is 6.42 Å². The number of carbonyl (C=O) groups excluding carboxylic acids is 1. The number of benzene rings is 1. The van der Waals surface area contributed by atoms with Gasteiger partial charge in [0.1, 0.15) is 6.23 Å². The molecular formula is C13H14NO2. The van der Waals surface area contributed by atoms with Gasteiger partial charge in [0.15, 0.2) is 0 Å². The van der Waals surface area contributed by atoms with Crippen LogP contribution in [0.25, 0.3) is 10.9 Å². The Morgan fingerprint density at radius 2 is 2.19 bits per heavy atom. The van der Waals surface area contributed by atoms with Gasteiger partial charge in [0.25, 0.3) is 0 Å². The molecule has 1 aromatic heterocycles. The molecule has 1 heterocycles. The summed E-state index contributed by atoms with van der Waals surface area (Å²) in [6.07, 6.45) is 4.11. The second-order valence-electron chi connectivity index (χ2n) is 3.79. The SMILES string of the molecule is CCC(O)n1cc(C[C]=O)c2ccccc21. The minimum absolute atomic E-state index is 0.268. The molecule has 1 unspecified atom stereocenters. The van der Waals surface area contributed by atoms with Crippen LogP contribution in [0.15, 0.2) is 30.5 Å². The van der Waals surface area contributed by atoms with Crippen LogP contribution in [0, 0.1) is 0 Å². The Hall–Kier alpha value is -1.61. The van der Waals surface area contributed by atoms with Crippen LogP contribution in [0.3, 0.4) is 0 Å². The van der Waals surface area contributed by atoms with Crippen molar-refractivity contribution in [2.24, 2.45) is 0 Å². The van der Waals surface area contributed by atoms with Crippen molar-refractivity contribution in [1.82, 2.24) is 4.57 Å². The topological polar surface area (TPSA) is 42.2 Å². The summed E-state index contributed by atoms with van der Waals surface area (Å²) >= 11 is 0. The van der Waals surface area contributed by atoms with E-state index < -0.39 is 6.23 Å². The Bertz CT molecular complexity index is 502. The summed E-state index contributed by atoms with van der Waals surface area (Å²) in [6, 6.07) is 7.76. The lowest BCUT2D eigenvalue weighted by molar-refractivity contribution is 0.105. The Labute approximate surface area is 94.3 Å². The maximum Gasteiger partial charge on any atom is 0.203 e. The number of aliphatic hydroxyl groups excluding tert-OH is 1. The Morgan fingerprint density at radius 3 is 2.88 bits per heavy atom. The summed E-state index contributed by atoms with van der Waals surface area (Å²) in [5, 5.41) is 10.9. The first-order valence-corrected chi connectivity index (χ1v) is 5.39. The third-order valence-corrected chi connectivity index (χ3v) is 2.77. The number of hydrogen-bond acceptors (Lipinski definition) is 2. The molecule has 1 N–H and O–H groups in total. The molecule has 1 atom stereocenters. The summed E-state index contributed by atoms with van der Waals surface area (Å²) in [4.78, 5) is 10.5. The van der Waals surface area contributed by atoms with Crippen molar-refractivity contribution >= 4 is 17.2 Å². The van der Waals surface area contributed by atoms with Crippen molar-refractivity contribution in [2.45, 2.75) is 26.0 Å². The van der Waals surface area contributed by atoms with E-state index in [1.54, 1.807) is 0 Å². The molecule has 2 aromatic rings. The van der Waals surface area contributed by atoms with Crippen molar-refractivity contribution in [3.63, 3.8) is 0 Å². The number of aromatic nitrogens is 1. The van der Waals surface area contributed by atoms with Gasteiger partial charge < -0.3 is 9.67 Å². The van der Waals surface area contributed by atoms with Gasteiger partial charge in [-0.3, -0.25) is 4.79 Å². The van der Waals surface area contributed by atoms with Crippen LogP contribution in [0.1, 0.15) is 25.1 Å². The molecule has 0 fully saturated rings. The molecule has 2 rings (SSSR count). The zero-order chi connectivity index (χ0) is 11.5. The third-order valence-electron chi connectivity index (χ3n) is 2.77. The van der Waals surface area contributed by atoms with Crippen LogP contribution in [0.2, 0.25) is 0 Å². The molecule has 3 nitrogen and oxygen atoms in total. The third kappa shape index (κ3) is 1.74. The van der Waals surface area contributed by atoms with Crippen LogP contribution < -0.4 is 0 Å². The summed E-state index contributed by atoms with van der Waals surface area (Å²) in [7, 11) is 0. The van der Waals surface area contributed by atoms with Crippen LogP contribution in [-0.2, 0) is 11.2 Å². The molecule has 0 aliphatic rings. The second-order valence-corrected chi connectivity index (χ2v) is 3.79. The van der Waals surface area contributed by atoms with Gasteiger partial charge in [0.05, 0.1) is 5.52 Å². The lowest BCUT2D eigenvalue weighted by Crippen LogP contribution is -2.04. The largest absolute Gasteiger partial charge is 0.373 e. The molecule has 16 heavy (non-hydrogen) atoms. The number of hydrogen-bond donors (Lipinski definition) is 1. The number of rotatable bonds is 4.